The van der Waals surface area contributed by atoms with Gasteiger partial charge in [0, 0.05) is 28.5 Å². The Hall–Kier alpha value is -3.38. The van der Waals surface area contributed by atoms with Gasteiger partial charge in [-0.15, -0.1) is 0 Å². The molecule has 1 aromatic carbocycles. The summed E-state index contributed by atoms with van der Waals surface area (Å²) < 4.78 is 6.79. The standard InChI is InChI=1S/C20H15ClN4O2/c21-16-3-1-14(2-4-16)19-20(15-5-8-22-9-6-15)25(13-23-19)11-18(26)24-17-7-10-27-12-17/h1-10,12-13H,11H2,(H,24,26). The van der Waals surface area contributed by atoms with Crippen LogP contribution in [0.4, 0.5) is 5.69 Å². The van der Waals surface area contributed by atoms with Gasteiger partial charge in [0.1, 0.15) is 12.8 Å². The number of amides is 1. The molecular weight excluding hydrogens is 364 g/mol. The number of furan rings is 1. The third kappa shape index (κ3) is 3.75. The van der Waals surface area contributed by atoms with E-state index in [2.05, 4.69) is 15.3 Å². The number of rotatable bonds is 5. The van der Waals surface area contributed by atoms with Crippen LogP contribution in [0.2, 0.25) is 5.02 Å². The number of carbonyl (C=O) groups is 1. The van der Waals surface area contributed by atoms with Crippen molar-refractivity contribution in [3.8, 4) is 22.5 Å². The number of benzene rings is 1. The van der Waals surface area contributed by atoms with Crippen LogP contribution in [-0.4, -0.2) is 20.4 Å². The third-order valence-corrected chi connectivity index (χ3v) is 4.28. The predicted molar refractivity (Wildman–Crippen MR) is 103 cm³/mol. The molecule has 0 atom stereocenters. The Morgan fingerprint density at radius 2 is 1.85 bits per heavy atom. The van der Waals surface area contributed by atoms with Gasteiger partial charge in [0.15, 0.2) is 0 Å². The number of nitrogens with one attached hydrogen (secondary N) is 1. The number of carbonyl (C=O) groups excluding carboxylic acids is 1. The number of anilines is 1. The maximum Gasteiger partial charge on any atom is 0.244 e. The number of pyridine rings is 1. The fraction of sp³-hybridized carbons (Fsp3) is 0.0500. The van der Waals surface area contributed by atoms with Crippen LogP contribution in [0.15, 0.2) is 78.1 Å². The lowest BCUT2D eigenvalue weighted by molar-refractivity contribution is -0.116. The van der Waals surface area contributed by atoms with Gasteiger partial charge in [0.05, 0.1) is 29.7 Å². The fourth-order valence-corrected chi connectivity index (χ4v) is 2.95. The number of halogens is 1. The molecule has 1 N–H and O–H groups in total. The van der Waals surface area contributed by atoms with Crippen molar-refractivity contribution in [1.29, 1.82) is 0 Å². The molecule has 0 unspecified atom stereocenters. The molecule has 4 aromatic rings. The second-order valence-corrected chi connectivity index (χ2v) is 6.31. The summed E-state index contributed by atoms with van der Waals surface area (Å²) in [7, 11) is 0. The topological polar surface area (TPSA) is 73.0 Å². The van der Waals surface area contributed by atoms with E-state index in [1.807, 2.05) is 41.0 Å². The van der Waals surface area contributed by atoms with E-state index in [-0.39, 0.29) is 12.5 Å². The molecule has 0 bridgehead atoms. The molecule has 0 radical (unpaired) electrons. The number of hydrogen-bond acceptors (Lipinski definition) is 4. The van der Waals surface area contributed by atoms with Crippen LogP contribution in [0.5, 0.6) is 0 Å². The first kappa shape index (κ1) is 17.1. The molecule has 27 heavy (non-hydrogen) atoms. The van der Waals surface area contributed by atoms with Crippen molar-refractivity contribution in [2.24, 2.45) is 0 Å². The average Bonchev–Trinajstić information content (AvgIpc) is 3.33. The average molecular weight is 379 g/mol. The van der Waals surface area contributed by atoms with Gasteiger partial charge < -0.3 is 14.3 Å². The van der Waals surface area contributed by atoms with Crippen LogP contribution in [0.25, 0.3) is 22.5 Å². The lowest BCUT2D eigenvalue weighted by atomic mass is 10.1. The molecule has 3 aromatic heterocycles. The van der Waals surface area contributed by atoms with Crippen LogP contribution < -0.4 is 5.32 Å². The lowest BCUT2D eigenvalue weighted by Gasteiger charge is -2.10. The summed E-state index contributed by atoms with van der Waals surface area (Å²) in [5, 5.41) is 3.45. The molecule has 4 rings (SSSR count). The Balaban J connectivity index is 1.71. The highest BCUT2D eigenvalue weighted by molar-refractivity contribution is 6.30. The highest BCUT2D eigenvalue weighted by atomic mass is 35.5. The monoisotopic (exact) mass is 378 g/mol. The maximum atomic E-state index is 12.4. The summed E-state index contributed by atoms with van der Waals surface area (Å²) in [4.78, 5) is 21.0. The van der Waals surface area contributed by atoms with E-state index in [0.29, 0.717) is 10.7 Å². The van der Waals surface area contributed by atoms with Gasteiger partial charge in [-0.25, -0.2) is 4.98 Å². The summed E-state index contributed by atoms with van der Waals surface area (Å²) in [5.41, 5.74) is 4.06. The Morgan fingerprint density at radius 3 is 2.56 bits per heavy atom. The zero-order chi connectivity index (χ0) is 18.6. The normalized spacial score (nSPS) is 10.7. The summed E-state index contributed by atoms with van der Waals surface area (Å²) in [5.74, 6) is -0.174. The van der Waals surface area contributed by atoms with Gasteiger partial charge in [-0.2, -0.15) is 0 Å². The quantitative estimate of drug-likeness (QED) is 0.555. The number of imidazole rings is 1. The first-order valence-corrected chi connectivity index (χ1v) is 8.62. The smallest absolute Gasteiger partial charge is 0.244 e. The van der Waals surface area contributed by atoms with Gasteiger partial charge in [0.2, 0.25) is 5.91 Å². The van der Waals surface area contributed by atoms with Crippen molar-refractivity contribution in [2.45, 2.75) is 6.54 Å². The fourth-order valence-electron chi connectivity index (χ4n) is 2.82. The van der Waals surface area contributed by atoms with Crippen molar-refractivity contribution in [3.63, 3.8) is 0 Å². The number of aromatic nitrogens is 3. The third-order valence-electron chi connectivity index (χ3n) is 4.03. The van der Waals surface area contributed by atoms with Crippen LogP contribution in [0.1, 0.15) is 0 Å². The highest BCUT2D eigenvalue weighted by Crippen LogP contribution is 2.31. The van der Waals surface area contributed by atoms with Crippen molar-refractivity contribution < 1.29 is 9.21 Å². The van der Waals surface area contributed by atoms with E-state index in [4.69, 9.17) is 16.0 Å². The SMILES string of the molecule is O=C(Cn1cnc(-c2ccc(Cl)cc2)c1-c1ccncc1)Nc1ccoc1. The van der Waals surface area contributed by atoms with Gasteiger partial charge >= 0.3 is 0 Å². The van der Waals surface area contributed by atoms with Crippen LogP contribution in [0.3, 0.4) is 0 Å². The van der Waals surface area contributed by atoms with E-state index in [0.717, 1.165) is 22.5 Å². The minimum atomic E-state index is -0.174. The molecule has 0 fully saturated rings. The number of nitrogens with zero attached hydrogens (tertiary/aromatic N) is 3. The highest BCUT2D eigenvalue weighted by Gasteiger charge is 2.17. The molecule has 0 aliphatic rings. The van der Waals surface area contributed by atoms with Crippen LogP contribution >= 0.6 is 11.6 Å². The van der Waals surface area contributed by atoms with Crippen LogP contribution in [0, 0.1) is 0 Å². The maximum absolute atomic E-state index is 12.4. The zero-order valence-corrected chi connectivity index (χ0v) is 14.9. The minimum absolute atomic E-state index is 0.115. The van der Waals surface area contributed by atoms with Gasteiger partial charge in [-0.3, -0.25) is 9.78 Å². The Bertz CT molecular complexity index is 1040. The van der Waals surface area contributed by atoms with E-state index in [1.54, 1.807) is 24.8 Å². The molecule has 0 aliphatic carbocycles. The first-order chi connectivity index (χ1) is 13.2. The molecule has 3 heterocycles. The molecular formula is C20H15ClN4O2. The summed E-state index contributed by atoms with van der Waals surface area (Å²) in [6.45, 7) is 0.115. The summed E-state index contributed by atoms with van der Waals surface area (Å²) in [6, 6.07) is 12.9. The van der Waals surface area contributed by atoms with E-state index in [1.165, 1.54) is 12.5 Å². The van der Waals surface area contributed by atoms with Crippen molar-refractivity contribution in [2.75, 3.05) is 5.32 Å². The van der Waals surface area contributed by atoms with Gasteiger partial charge in [-0.05, 0) is 30.3 Å². The molecule has 0 saturated carbocycles. The van der Waals surface area contributed by atoms with Crippen molar-refractivity contribution in [3.05, 3.63) is 78.7 Å². The zero-order valence-electron chi connectivity index (χ0n) is 14.2. The van der Waals surface area contributed by atoms with E-state index >= 15 is 0 Å². The van der Waals surface area contributed by atoms with E-state index < -0.39 is 0 Å². The molecule has 7 heteroatoms. The van der Waals surface area contributed by atoms with Crippen molar-refractivity contribution >= 4 is 23.2 Å². The minimum Gasteiger partial charge on any atom is -0.470 e. The first-order valence-electron chi connectivity index (χ1n) is 8.24. The molecule has 0 spiro atoms. The Morgan fingerprint density at radius 1 is 1.07 bits per heavy atom. The summed E-state index contributed by atoms with van der Waals surface area (Å²) in [6.07, 6.45) is 8.07. The number of hydrogen-bond donors (Lipinski definition) is 1. The molecule has 0 aliphatic heterocycles. The van der Waals surface area contributed by atoms with Crippen LogP contribution in [-0.2, 0) is 11.3 Å². The van der Waals surface area contributed by atoms with E-state index in [9.17, 15) is 4.79 Å². The van der Waals surface area contributed by atoms with Gasteiger partial charge in [0.25, 0.3) is 0 Å². The molecule has 134 valence electrons. The molecule has 1 amide bonds. The lowest BCUT2D eigenvalue weighted by Crippen LogP contribution is -2.18. The predicted octanol–water partition coefficient (Wildman–Crippen LogP) is 4.50. The second kappa shape index (κ2) is 7.47. The molecule has 0 saturated heterocycles. The molecule has 6 nitrogen and oxygen atoms in total. The van der Waals surface area contributed by atoms with Gasteiger partial charge in [-0.1, -0.05) is 23.7 Å². The van der Waals surface area contributed by atoms with Crippen molar-refractivity contribution in [1.82, 2.24) is 14.5 Å². The Kier molecular flexibility index (Phi) is 4.72. The largest absolute Gasteiger partial charge is 0.470 e. The Labute approximate surface area is 160 Å². The second-order valence-electron chi connectivity index (χ2n) is 5.87. The summed E-state index contributed by atoms with van der Waals surface area (Å²) >= 11 is 6.00.